The van der Waals surface area contributed by atoms with Crippen LogP contribution in [0.5, 0.6) is 0 Å². The van der Waals surface area contributed by atoms with Gasteiger partial charge in [-0.25, -0.2) is 0 Å². The zero-order valence-electron chi connectivity index (χ0n) is 11.3. The molecule has 0 spiro atoms. The molecule has 1 atom stereocenters. The van der Waals surface area contributed by atoms with Crippen LogP contribution in [0.1, 0.15) is 63.1 Å². The van der Waals surface area contributed by atoms with Crippen molar-refractivity contribution in [2.24, 2.45) is 0 Å². The largest absolute Gasteiger partial charge is 0.309 e. The van der Waals surface area contributed by atoms with Crippen LogP contribution in [0.4, 0.5) is 0 Å². The highest BCUT2D eigenvalue weighted by Crippen LogP contribution is 2.29. The molecule has 0 aliphatic heterocycles. The first-order chi connectivity index (χ1) is 8.06. The summed E-state index contributed by atoms with van der Waals surface area (Å²) in [6.45, 7) is 13.6. The molecule has 0 bridgehead atoms. The fourth-order valence-corrected chi connectivity index (χ4v) is 2.65. The molecule has 96 valence electrons. The van der Waals surface area contributed by atoms with Crippen molar-refractivity contribution in [1.29, 1.82) is 0 Å². The van der Waals surface area contributed by atoms with E-state index in [0.717, 1.165) is 25.1 Å². The predicted molar refractivity (Wildman–Crippen MR) is 74.5 cm³/mol. The third-order valence-electron chi connectivity index (χ3n) is 2.60. The highest BCUT2D eigenvalue weighted by Gasteiger charge is 2.20. The second kappa shape index (κ2) is 6.87. The molecule has 1 unspecified atom stereocenters. The van der Waals surface area contributed by atoms with E-state index < -0.39 is 0 Å². The predicted octanol–water partition coefficient (Wildman–Crippen LogP) is 3.67. The van der Waals surface area contributed by atoms with Crippen LogP contribution in [0.2, 0.25) is 0 Å². The Labute approximate surface area is 108 Å². The van der Waals surface area contributed by atoms with Gasteiger partial charge in [-0.1, -0.05) is 30.8 Å². The van der Waals surface area contributed by atoms with Gasteiger partial charge in [-0.15, -0.1) is 11.7 Å². The Kier molecular flexibility index (Phi) is 5.78. The Balaban J connectivity index is 2.86. The van der Waals surface area contributed by atoms with Gasteiger partial charge >= 0.3 is 0 Å². The quantitative estimate of drug-likeness (QED) is 0.753. The lowest BCUT2D eigenvalue weighted by Crippen LogP contribution is -2.22. The van der Waals surface area contributed by atoms with E-state index in [4.69, 9.17) is 0 Å². The van der Waals surface area contributed by atoms with Gasteiger partial charge in [0.1, 0.15) is 0 Å². The van der Waals surface area contributed by atoms with Crippen LogP contribution >= 0.6 is 11.5 Å². The normalized spacial score (nSPS) is 13.0. The summed E-state index contributed by atoms with van der Waals surface area (Å²) in [5, 5.41) is 7.82. The average Bonchev–Trinajstić information content (AvgIpc) is 2.72. The minimum atomic E-state index is 0.324. The fourth-order valence-electron chi connectivity index (χ4n) is 1.77. The first-order valence-corrected chi connectivity index (χ1v) is 7.03. The maximum atomic E-state index is 4.25. The van der Waals surface area contributed by atoms with Crippen molar-refractivity contribution in [3.05, 3.63) is 22.7 Å². The van der Waals surface area contributed by atoms with Crippen LogP contribution in [0.25, 0.3) is 0 Å². The SMILES string of the molecule is C=C(C)CC(NCCC)c1snnc1C(C)C. The highest BCUT2D eigenvalue weighted by atomic mass is 32.1. The van der Waals surface area contributed by atoms with Gasteiger partial charge in [0.25, 0.3) is 0 Å². The molecule has 0 aromatic carbocycles. The van der Waals surface area contributed by atoms with Crippen molar-refractivity contribution >= 4 is 11.5 Å². The molecule has 0 saturated heterocycles. The van der Waals surface area contributed by atoms with E-state index in [1.807, 2.05) is 0 Å². The van der Waals surface area contributed by atoms with Gasteiger partial charge in [0.15, 0.2) is 0 Å². The Morgan fingerprint density at radius 1 is 1.47 bits per heavy atom. The third kappa shape index (κ3) is 4.21. The second-order valence-electron chi connectivity index (χ2n) is 4.85. The summed E-state index contributed by atoms with van der Waals surface area (Å²) in [6.07, 6.45) is 2.10. The van der Waals surface area contributed by atoms with E-state index >= 15 is 0 Å². The molecule has 1 N–H and O–H groups in total. The number of aromatic nitrogens is 2. The van der Waals surface area contributed by atoms with Crippen LogP contribution in [0.15, 0.2) is 12.2 Å². The minimum absolute atomic E-state index is 0.324. The zero-order chi connectivity index (χ0) is 12.8. The summed E-state index contributed by atoms with van der Waals surface area (Å²) in [6, 6.07) is 0.324. The Bertz CT molecular complexity index is 357. The van der Waals surface area contributed by atoms with Crippen LogP contribution < -0.4 is 5.32 Å². The van der Waals surface area contributed by atoms with Crippen LogP contribution in [-0.4, -0.2) is 16.1 Å². The monoisotopic (exact) mass is 253 g/mol. The number of nitrogens with zero attached hydrogens (tertiary/aromatic N) is 2. The fraction of sp³-hybridized carbons (Fsp3) is 0.692. The second-order valence-corrected chi connectivity index (χ2v) is 5.63. The van der Waals surface area contributed by atoms with Crippen LogP contribution in [0.3, 0.4) is 0 Å². The lowest BCUT2D eigenvalue weighted by Gasteiger charge is -2.18. The molecule has 0 radical (unpaired) electrons. The number of hydrogen-bond donors (Lipinski definition) is 1. The third-order valence-corrected chi connectivity index (χ3v) is 3.45. The molecular formula is C13H23N3S. The van der Waals surface area contributed by atoms with Gasteiger partial charge in [0.05, 0.1) is 10.6 Å². The molecule has 1 aromatic heterocycles. The molecule has 0 saturated carbocycles. The molecule has 0 fully saturated rings. The van der Waals surface area contributed by atoms with Crippen molar-refractivity contribution in [3.63, 3.8) is 0 Å². The topological polar surface area (TPSA) is 37.8 Å². The maximum absolute atomic E-state index is 4.25. The van der Waals surface area contributed by atoms with Crippen molar-refractivity contribution in [2.75, 3.05) is 6.54 Å². The lowest BCUT2D eigenvalue weighted by molar-refractivity contribution is 0.528. The first kappa shape index (κ1) is 14.3. The minimum Gasteiger partial charge on any atom is -0.309 e. The molecule has 1 heterocycles. The Morgan fingerprint density at radius 3 is 2.71 bits per heavy atom. The molecule has 0 aliphatic rings. The van der Waals surface area contributed by atoms with Gasteiger partial charge in [-0.05, 0) is 43.8 Å². The molecule has 0 amide bonds. The van der Waals surface area contributed by atoms with Gasteiger partial charge < -0.3 is 5.32 Å². The van der Waals surface area contributed by atoms with Crippen LogP contribution in [0, 0.1) is 0 Å². The van der Waals surface area contributed by atoms with E-state index in [2.05, 4.69) is 49.2 Å². The van der Waals surface area contributed by atoms with Crippen molar-refractivity contribution in [1.82, 2.24) is 14.9 Å². The number of nitrogens with one attached hydrogen (secondary N) is 1. The van der Waals surface area contributed by atoms with Crippen molar-refractivity contribution in [3.8, 4) is 0 Å². The summed E-state index contributed by atoms with van der Waals surface area (Å²) < 4.78 is 4.10. The van der Waals surface area contributed by atoms with Gasteiger partial charge in [-0.2, -0.15) is 0 Å². The van der Waals surface area contributed by atoms with E-state index in [1.54, 1.807) is 0 Å². The number of rotatable bonds is 7. The lowest BCUT2D eigenvalue weighted by atomic mass is 10.0. The summed E-state index contributed by atoms with van der Waals surface area (Å²) in [4.78, 5) is 1.27. The summed E-state index contributed by atoms with van der Waals surface area (Å²) in [5.41, 5.74) is 2.33. The van der Waals surface area contributed by atoms with Gasteiger partial charge in [0, 0.05) is 6.04 Å². The summed E-state index contributed by atoms with van der Waals surface area (Å²) in [5.74, 6) is 0.430. The molecule has 17 heavy (non-hydrogen) atoms. The Hall–Kier alpha value is -0.740. The van der Waals surface area contributed by atoms with E-state index in [-0.39, 0.29) is 0 Å². The summed E-state index contributed by atoms with van der Waals surface area (Å²) >= 11 is 1.51. The van der Waals surface area contributed by atoms with E-state index in [1.165, 1.54) is 22.0 Å². The van der Waals surface area contributed by atoms with Gasteiger partial charge in [0.2, 0.25) is 0 Å². The van der Waals surface area contributed by atoms with E-state index in [0.29, 0.717) is 12.0 Å². The van der Waals surface area contributed by atoms with E-state index in [9.17, 15) is 0 Å². The molecule has 3 nitrogen and oxygen atoms in total. The number of hydrogen-bond acceptors (Lipinski definition) is 4. The maximum Gasteiger partial charge on any atom is 0.0829 e. The first-order valence-electron chi connectivity index (χ1n) is 6.26. The van der Waals surface area contributed by atoms with Crippen LogP contribution in [-0.2, 0) is 0 Å². The molecule has 0 aliphatic carbocycles. The standard InChI is InChI=1S/C13H23N3S/c1-6-7-14-11(8-9(2)3)13-12(10(4)5)15-16-17-13/h10-11,14H,2,6-8H2,1,3-5H3. The van der Waals surface area contributed by atoms with Crippen molar-refractivity contribution < 1.29 is 0 Å². The molecule has 1 rings (SSSR count). The summed E-state index contributed by atoms with van der Waals surface area (Å²) in [7, 11) is 0. The molecule has 4 heteroatoms. The van der Waals surface area contributed by atoms with Crippen molar-refractivity contribution in [2.45, 2.75) is 52.5 Å². The zero-order valence-corrected chi connectivity index (χ0v) is 12.1. The molecule has 1 aromatic rings. The highest BCUT2D eigenvalue weighted by molar-refractivity contribution is 7.05. The smallest absolute Gasteiger partial charge is 0.0829 e. The average molecular weight is 253 g/mol. The van der Waals surface area contributed by atoms with Gasteiger partial charge in [-0.3, -0.25) is 0 Å². The Morgan fingerprint density at radius 2 is 2.18 bits per heavy atom. The molecular weight excluding hydrogens is 230 g/mol.